The van der Waals surface area contributed by atoms with Crippen molar-refractivity contribution in [2.24, 2.45) is 0 Å². The van der Waals surface area contributed by atoms with Crippen LogP contribution in [-0.4, -0.2) is 54.1 Å². The molecule has 3 heterocycles. The molecule has 3 aromatic rings. The van der Waals surface area contributed by atoms with E-state index in [-0.39, 0.29) is 23.9 Å². The minimum Gasteiger partial charge on any atom is -0.480 e. The Balaban J connectivity index is 1.37. The molecule has 1 aromatic carbocycles. The highest BCUT2D eigenvalue weighted by Gasteiger charge is 2.23. The zero-order chi connectivity index (χ0) is 22.5. The fraction of sp³-hybridized carbons (Fsp3) is 0.318. The van der Waals surface area contributed by atoms with Gasteiger partial charge in [0, 0.05) is 54.5 Å². The lowest BCUT2D eigenvalue weighted by molar-refractivity contribution is 0.0944. The van der Waals surface area contributed by atoms with E-state index < -0.39 is 0 Å². The Bertz CT molecular complexity index is 1050. The largest absolute Gasteiger partial charge is 0.480 e. The van der Waals surface area contributed by atoms with Crippen LogP contribution in [0.2, 0.25) is 10.0 Å². The maximum absolute atomic E-state index is 12.5. The van der Waals surface area contributed by atoms with Gasteiger partial charge in [0.1, 0.15) is 11.3 Å². The number of nitrogens with one attached hydrogen (secondary N) is 1. The summed E-state index contributed by atoms with van der Waals surface area (Å²) in [6.45, 7) is 4.03. The van der Waals surface area contributed by atoms with Gasteiger partial charge in [0.2, 0.25) is 11.8 Å². The van der Waals surface area contributed by atoms with Gasteiger partial charge in [-0.3, -0.25) is 9.69 Å². The van der Waals surface area contributed by atoms with Crippen LogP contribution in [0.3, 0.4) is 0 Å². The van der Waals surface area contributed by atoms with Crippen molar-refractivity contribution in [3.8, 4) is 5.88 Å². The Labute approximate surface area is 196 Å². The average molecular weight is 476 g/mol. The maximum atomic E-state index is 12.5. The molecule has 32 heavy (non-hydrogen) atoms. The number of hydrogen-bond donors (Lipinski definition) is 1. The van der Waals surface area contributed by atoms with Gasteiger partial charge in [-0.15, -0.1) is 0 Å². The van der Waals surface area contributed by atoms with Crippen LogP contribution in [0.4, 0.5) is 5.95 Å². The van der Waals surface area contributed by atoms with Crippen LogP contribution in [0.15, 0.2) is 47.2 Å². The number of methoxy groups -OCH3 is 1. The number of amides is 1. The van der Waals surface area contributed by atoms with Gasteiger partial charge in [-0.05, 0) is 24.3 Å². The Morgan fingerprint density at radius 2 is 1.91 bits per heavy atom. The third kappa shape index (κ3) is 5.15. The highest BCUT2D eigenvalue weighted by molar-refractivity contribution is 6.35. The minimum absolute atomic E-state index is 0.234. The molecule has 4 rings (SSSR count). The first-order chi connectivity index (χ1) is 15.5. The first-order valence-corrected chi connectivity index (χ1v) is 10.9. The second kappa shape index (κ2) is 10.2. The second-order valence-electron chi connectivity index (χ2n) is 7.32. The number of carbonyl (C=O) groups excluding carboxylic acids is 1. The number of rotatable bonds is 7. The molecule has 1 fully saturated rings. The molecule has 1 saturated heterocycles. The summed E-state index contributed by atoms with van der Waals surface area (Å²) in [5.41, 5.74) is 1.21. The van der Waals surface area contributed by atoms with E-state index in [1.165, 1.54) is 13.3 Å². The highest BCUT2D eigenvalue weighted by atomic mass is 35.5. The summed E-state index contributed by atoms with van der Waals surface area (Å²) in [4.78, 5) is 25.8. The predicted octanol–water partition coefficient (Wildman–Crippen LogP) is 3.64. The second-order valence-corrected chi connectivity index (χ2v) is 8.13. The molecular weight excluding hydrogens is 453 g/mol. The number of anilines is 1. The number of benzene rings is 1. The Hall–Kier alpha value is -2.81. The summed E-state index contributed by atoms with van der Waals surface area (Å²) in [6.07, 6.45) is 3.05. The third-order valence-corrected chi connectivity index (χ3v) is 5.99. The Morgan fingerprint density at radius 3 is 2.56 bits per heavy atom. The first kappa shape index (κ1) is 22.4. The van der Waals surface area contributed by atoms with Gasteiger partial charge in [-0.1, -0.05) is 29.3 Å². The van der Waals surface area contributed by atoms with Crippen molar-refractivity contribution in [1.29, 1.82) is 0 Å². The van der Waals surface area contributed by atoms with E-state index in [1.54, 1.807) is 18.4 Å². The summed E-state index contributed by atoms with van der Waals surface area (Å²) in [7, 11) is 1.49. The van der Waals surface area contributed by atoms with Crippen LogP contribution in [0.25, 0.3) is 0 Å². The predicted molar refractivity (Wildman–Crippen MR) is 122 cm³/mol. The van der Waals surface area contributed by atoms with Crippen LogP contribution < -0.4 is 15.0 Å². The molecule has 1 N–H and O–H groups in total. The average Bonchev–Trinajstić information content (AvgIpc) is 3.34. The summed E-state index contributed by atoms with van der Waals surface area (Å²) in [5, 5.41) is 4.13. The molecule has 168 valence electrons. The van der Waals surface area contributed by atoms with E-state index in [0.29, 0.717) is 28.3 Å². The lowest BCUT2D eigenvalue weighted by atomic mass is 10.2. The van der Waals surface area contributed by atoms with Gasteiger partial charge in [0.15, 0.2) is 0 Å². The summed E-state index contributed by atoms with van der Waals surface area (Å²) in [6, 6.07) is 9.11. The van der Waals surface area contributed by atoms with Crippen molar-refractivity contribution in [2.45, 2.75) is 13.1 Å². The van der Waals surface area contributed by atoms with Crippen molar-refractivity contribution in [2.75, 3.05) is 38.2 Å². The Kier molecular flexibility index (Phi) is 7.14. The molecule has 0 radical (unpaired) electrons. The smallest absolute Gasteiger partial charge is 0.258 e. The summed E-state index contributed by atoms with van der Waals surface area (Å²) >= 11 is 12.6. The van der Waals surface area contributed by atoms with Crippen LogP contribution >= 0.6 is 23.2 Å². The van der Waals surface area contributed by atoms with Crippen molar-refractivity contribution in [1.82, 2.24) is 20.2 Å². The van der Waals surface area contributed by atoms with Crippen molar-refractivity contribution in [3.05, 3.63) is 69.7 Å². The molecule has 10 heteroatoms. The molecule has 0 spiro atoms. The molecule has 0 atom stereocenters. The molecule has 8 nitrogen and oxygen atoms in total. The van der Waals surface area contributed by atoms with Crippen molar-refractivity contribution in [3.63, 3.8) is 0 Å². The molecule has 2 aromatic heterocycles. The zero-order valence-electron chi connectivity index (χ0n) is 17.6. The number of piperazine rings is 1. The quantitative estimate of drug-likeness (QED) is 0.558. The standard InChI is InChI=1S/C22H23Cl2N5O3/c1-31-21-16(20(30)25-12-15-4-3-11-32-15)13-26-22(27-21)29-9-7-28(8-10-29)14-17-18(23)5-2-6-19(17)24/h2-6,11,13H,7-10,12,14H2,1H3,(H,25,30). The fourth-order valence-electron chi connectivity index (χ4n) is 3.51. The normalized spacial score (nSPS) is 14.4. The van der Waals surface area contributed by atoms with Gasteiger partial charge in [0.05, 0.1) is 19.9 Å². The van der Waals surface area contributed by atoms with E-state index in [1.807, 2.05) is 18.2 Å². The lowest BCUT2D eigenvalue weighted by Crippen LogP contribution is -2.46. The maximum Gasteiger partial charge on any atom is 0.258 e. The molecular formula is C22H23Cl2N5O3. The first-order valence-electron chi connectivity index (χ1n) is 10.2. The molecule has 0 saturated carbocycles. The van der Waals surface area contributed by atoms with Crippen molar-refractivity contribution < 1.29 is 13.9 Å². The van der Waals surface area contributed by atoms with Crippen LogP contribution in [0.5, 0.6) is 5.88 Å². The summed E-state index contributed by atoms with van der Waals surface area (Å²) in [5.74, 6) is 1.09. The van der Waals surface area contributed by atoms with E-state index in [0.717, 1.165) is 31.7 Å². The molecule has 1 aliphatic heterocycles. The molecule has 0 unspecified atom stereocenters. The highest BCUT2D eigenvalue weighted by Crippen LogP contribution is 2.26. The van der Waals surface area contributed by atoms with Crippen LogP contribution in [0, 0.1) is 0 Å². The summed E-state index contributed by atoms with van der Waals surface area (Å²) < 4.78 is 10.6. The molecule has 1 amide bonds. The SMILES string of the molecule is COc1nc(N2CCN(Cc3c(Cl)cccc3Cl)CC2)ncc1C(=O)NCc1ccco1. The van der Waals surface area contributed by atoms with E-state index in [9.17, 15) is 4.79 Å². The lowest BCUT2D eigenvalue weighted by Gasteiger charge is -2.35. The number of halogens is 2. The van der Waals surface area contributed by atoms with Crippen LogP contribution in [0.1, 0.15) is 21.7 Å². The van der Waals surface area contributed by atoms with Gasteiger partial charge >= 0.3 is 0 Å². The number of aromatic nitrogens is 2. The number of nitrogens with zero attached hydrogens (tertiary/aromatic N) is 4. The van der Waals surface area contributed by atoms with E-state index >= 15 is 0 Å². The molecule has 1 aliphatic rings. The fourth-order valence-corrected chi connectivity index (χ4v) is 4.03. The van der Waals surface area contributed by atoms with Gasteiger partial charge in [-0.2, -0.15) is 4.98 Å². The zero-order valence-corrected chi connectivity index (χ0v) is 19.1. The van der Waals surface area contributed by atoms with Gasteiger partial charge < -0.3 is 19.4 Å². The topological polar surface area (TPSA) is 83.7 Å². The number of ether oxygens (including phenoxy) is 1. The Morgan fingerprint density at radius 1 is 1.16 bits per heavy atom. The van der Waals surface area contributed by atoms with Gasteiger partial charge in [-0.25, -0.2) is 4.98 Å². The number of carbonyl (C=O) groups is 1. The van der Waals surface area contributed by atoms with E-state index in [4.69, 9.17) is 32.4 Å². The minimum atomic E-state index is -0.328. The monoisotopic (exact) mass is 475 g/mol. The number of hydrogen-bond acceptors (Lipinski definition) is 7. The number of furan rings is 1. The van der Waals surface area contributed by atoms with Crippen molar-refractivity contribution >= 4 is 35.1 Å². The molecule has 0 aliphatic carbocycles. The van der Waals surface area contributed by atoms with Crippen LogP contribution in [-0.2, 0) is 13.1 Å². The van der Waals surface area contributed by atoms with E-state index in [2.05, 4.69) is 25.1 Å². The molecule has 0 bridgehead atoms. The third-order valence-electron chi connectivity index (χ3n) is 5.28. The van der Waals surface area contributed by atoms with Gasteiger partial charge in [0.25, 0.3) is 5.91 Å².